The number of carbonyl (C=O) groups excluding carboxylic acids is 1. The zero-order valence-electron chi connectivity index (χ0n) is 15.3. The lowest BCUT2D eigenvalue weighted by Gasteiger charge is -2.31. The summed E-state index contributed by atoms with van der Waals surface area (Å²) in [5, 5.41) is 3.11. The lowest BCUT2D eigenvalue weighted by molar-refractivity contribution is -0.125. The van der Waals surface area contributed by atoms with Gasteiger partial charge in [0.1, 0.15) is 0 Å². The zero-order valence-corrected chi connectivity index (χ0v) is 16.9. The Hall–Kier alpha value is -2.34. The third-order valence-corrected chi connectivity index (χ3v) is 5.73. The van der Waals surface area contributed by atoms with Crippen LogP contribution in [0.25, 0.3) is 11.0 Å². The van der Waals surface area contributed by atoms with Crippen LogP contribution in [0, 0.1) is 12.8 Å². The number of rotatable bonds is 4. The summed E-state index contributed by atoms with van der Waals surface area (Å²) in [7, 11) is 0. The van der Waals surface area contributed by atoms with E-state index in [1.165, 1.54) is 11.1 Å². The molecule has 2 N–H and O–H groups in total. The van der Waals surface area contributed by atoms with E-state index < -0.39 is 0 Å². The van der Waals surface area contributed by atoms with Crippen LogP contribution in [0.1, 0.15) is 24.0 Å². The van der Waals surface area contributed by atoms with Crippen molar-refractivity contribution in [2.75, 3.05) is 18.0 Å². The second-order valence-electron chi connectivity index (χ2n) is 7.15. The van der Waals surface area contributed by atoms with Crippen molar-refractivity contribution < 1.29 is 4.79 Å². The standard InChI is InChI=1S/C21H23BrN4O/c1-14-5-2-3-6-15(14)12-23-20(27)16-7-4-10-26(13-16)21-24-18-9-8-17(22)11-19(18)25-21/h2-3,5-6,8-9,11,16H,4,7,10,12-13H2,1H3,(H,23,27)(H,24,25)/t16-/m1/s1. The van der Waals surface area contributed by atoms with E-state index in [4.69, 9.17) is 4.98 Å². The number of aryl methyl sites for hydroxylation is 1. The van der Waals surface area contributed by atoms with E-state index in [9.17, 15) is 4.79 Å². The van der Waals surface area contributed by atoms with E-state index in [0.29, 0.717) is 13.1 Å². The molecule has 0 unspecified atom stereocenters. The first kappa shape index (κ1) is 18.0. The first-order valence-corrected chi connectivity index (χ1v) is 10.1. The molecular weight excluding hydrogens is 404 g/mol. The molecule has 1 aliphatic heterocycles. The fraction of sp³-hybridized carbons (Fsp3) is 0.333. The molecule has 0 aliphatic carbocycles. The van der Waals surface area contributed by atoms with Crippen molar-refractivity contribution in [2.24, 2.45) is 5.92 Å². The molecular formula is C21H23BrN4O. The molecule has 2 aromatic carbocycles. The van der Waals surface area contributed by atoms with E-state index in [1.807, 2.05) is 30.3 Å². The molecule has 140 valence electrons. The third kappa shape index (κ3) is 4.00. The normalized spacial score (nSPS) is 17.3. The maximum Gasteiger partial charge on any atom is 0.225 e. The minimum atomic E-state index is -0.0114. The van der Waals surface area contributed by atoms with Crippen LogP contribution in [-0.4, -0.2) is 29.0 Å². The largest absolute Gasteiger partial charge is 0.352 e. The Labute approximate surface area is 167 Å². The number of hydrogen-bond donors (Lipinski definition) is 2. The van der Waals surface area contributed by atoms with E-state index in [-0.39, 0.29) is 11.8 Å². The molecule has 1 amide bonds. The van der Waals surface area contributed by atoms with E-state index in [2.05, 4.69) is 50.2 Å². The molecule has 1 aliphatic rings. The van der Waals surface area contributed by atoms with Gasteiger partial charge in [0.2, 0.25) is 11.9 Å². The average molecular weight is 427 g/mol. The molecule has 1 aromatic heterocycles. The quantitative estimate of drug-likeness (QED) is 0.657. The van der Waals surface area contributed by atoms with Gasteiger partial charge in [0.25, 0.3) is 0 Å². The van der Waals surface area contributed by atoms with Crippen molar-refractivity contribution in [1.82, 2.24) is 15.3 Å². The SMILES string of the molecule is Cc1ccccc1CNC(=O)[C@@H]1CCCN(c2nc3ccc(Br)cc3[nH]2)C1. The first-order valence-electron chi connectivity index (χ1n) is 9.32. The molecule has 1 fully saturated rings. The molecule has 4 rings (SSSR count). The van der Waals surface area contributed by atoms with Gasteiger partial charge < -0.3 is 15.2 Å². The van der Waals surface area contributed by atoms with Crippen LogP contribution in [-0.2, 0) is 11.3 Å². The van der Waals surface area contributed by atoms with E-state index in [0.717, 1.165) is 40.8 Å². The molecule has 2 heterocycles. The van der Waals surface area contributed by atoms with Gasteiger partial charge >= 0.3 is 0 Å². The number of piperidine rings is 1. The number of carbonyl (C=O) groups is 1. The van der Waals surface area contributed by atoms with E-state index in [1.54, 1.807) is 0 Å². The van der Waals surface area contributed by atoms with E-state index >= 15 is 0 Å². The van der Waals surface area contributed by atoms with Gasteiger partial charge in [-0.05, 0) is 49.1 Å². The van der Waals surface area contributed by atoms with Gasteiger partial charge in [-0.15, -0.1) is 0 Å². The fourth-order valence-corrected chi connectivity index (χ4v) is 4.00. The van der Waals surface area contributed by atoms with Gasteiger partial charge in [-0.3, -0.25) is 4.79 Å². The van der Waals surface area contributed by atoms with Crippen molar-refractivity contribution in [3.63, 3.8) is 0 Å². The van der Waals surface area contributed by atoms with Crippen molar-refractivity contribution >= 4 is 38.8 Å². The number of nitrogens with zero attached hydrogens (tertiary/aromatic N) is 2. The molecule has 5 nitrogen and oxygen atoms in total. The molecule has 3 aromatic rings. The number of H-pyrrole nitrogens is 1. The Bertz CT molecular complexity index is 968. The Morgan fingerprint density at radius 3 is 3.04 bits per heavy atom. The summed E-state index contributed by atoms with van der Waals surface area (Å²) < 4.78 is 1.03. The molecule has 6 heteroatoms. The highest BCUT2D eigenvalue weighted by Crippen LogP contribution is 2.25. The molecule has 0 radical (unpaired) electrons. The Kier molecular flexibility index (Phi) is 5.16. The summed E-state index contributed by atoms with van der Waals surface area (Å²) in [6.07, 6.45) is 1.91. The van der Waals surface area contributed by atoms with Crippen molar-refractivity contribution in [1.29, 1.82) is 0 Å². The summed E-state index contributed by atoms with van der Waals surface area (Å²) in [6, 6.07) is 14.2. The molecule has 0 bridgehead atoms. The summed E-state index contributed by atoms with van der Waals surface area (Å²) in [5.41, 5.74) is 4.32. The molecule has 0 spiro atoms. The highest BCUT2D eigenvalue weighted by Gasteiger charge is 2.27. The molecule has 1 saturated heterocycles. The van der Waals surface area contributed by atoms with Crippen LogP contribution in [0.4, 0.5) is 5.95 Å². The van der Waals surface area contributed by atoms with Crippen molar-refractivity contribution in [2.45, 2.75) is 26.3 Å². The minimum absolute atomic E-state index is 0.0114. The molecule has 27 heavy (non-hydrogen) atoms. The van der Waals surface area contributed by atoms with Gasteiger partial charge in [-0.25, -0.2) is 4.98 Å². The smallest absolute Gasteiger partial charge is 0.225 e. The maximum atomic E-state index is 12.7. The van der Waals surface area contributed by atoms with Gasteiger partial charge in [-0.2, -0.15) is 0 Å². The predicted octanol–water partition coefficient (Wildman–Crippen LogP) is 4.17. The van der Waals surface area contributed by atoms with Gasteiger partial charge in [0.05, 0.1) is 17.0 Å². The zero-order chi connectivity index (χ0) is 18.8. The summed E-state index contributed by atoms with van der Waals surface area (Å²) >= 11 is 3.49. The number of hydrogen-bond acceptors (Lipinski definition) is 3. The topological polar surface area (TPSA) is 61.0 Å². The van der Waals surface area contributed by atoms with Crippen LogP contribution in [0.3, 0.4) is 0 Å². The maximum absolute atomic E-state index is 12.7. The summed E-state index contributed by atoms with van der Waals surface area (Å²) in [4.78, 5) is 23.0. The number of amides is 1. The van der Waals surface area contributed by atoms with Crippen LogP contribution >= 0.6 is 15.9 Å². The number of aromatic nitrogens is 2. The van der Waals surface area contributed by atoms with Crippen LogP contribution in [0.15, 0.2) is 46.9 Å². The number of nitrogens with one attached hydrogen (secondary N) is 2. The van der Waals surface area contributed by atoms with Crippen LogP contribution in [0.2, 0.25) is 0 Å². The highest BCUT2D eigenvalue weighted by molar-refractivity contribution is 9.10. The second-order valence-corrected chi connectivity index (χ2v) is 8.07. The number of imidazole rings is 1. The number of aromatic amines is 1. The fourth-order valence-electron chi connectivity index (χ4n) is 3.64. The summed E-state index contributed by atoms with van der Waals surface area (Å²) in [6.45, 7) is 4.27. The van der Waals surface area contributed by atoms with Gasteiger partial charge in [0, 0.05) is 24.1 Å². The lowest BCUT2D eigenvalue weighted by atomic mass is 9.97. The number of benzene rings is 2. The number of fused-ring (bicyclic) bond motifs is 1. The predicted molar refractivity (Wildman–Crippen MR) is 112 cm³/mol. The second kappa shape index (κ2) is 7.72. The minimum Gasteiger partial charge on any atom is -0.352 e. The Morgan fingerprint density at radius 2 is 2.19 bits per heavy atom. The summed E-state index contributed by atoms with van der Waals surface area (Å²) in [5.74, 6) is 0.962. The monoisotopic (exact) mass is 426 g/mol. The average Bonchev–Trinajstić information content (AvgIpc) is 3.10. The first-order chi connectivity index (χ1) is 13.1. The van der Waals surface area contributed by atoms with Crippen molar-refractivity contribution in [3.8, 4) is 0 Å². The number of anilines is 1. The highest BCUT2D eigenvalue weighted by atomic mass is 79.9. The Morgan fingerprint density at radius 1 is 1.33 bits per heavy atom. The van der Waals surface area contributed by atoms with Crippen LogP contribution < -0.4 is 10.2 Å². The lowest BCUT2D eigenvalue weighted by Crippen LogP contribution is -2.43. The molecule has 1 atom stereocenters. The van der Waals surface area contributed by atoms with Crippen LogP contribution in [0.5, 0.6) is 0 Å². The van der Waals surface area contributed by atoms with Gasteiger partial charge in [0.15, 0.2) is 0 Å². The third-order valence-electron chi connectivity index (χ3n) is 5.24. The number of halogens is 1. The molecule has 0 saturated carbocycles. The van der Waals surface area contributed by atoms with Crippen molar-refractivity contribution in [3.05, 3.63) is 58.1 Å². The Balaban J connectivity index is 1.42. The van der Waals surface area contributed by atoms with Gasteiger partial charge in [-0.1, -0.05) is 40.2 Å².